The zero-order chi connectivity index (χ0) is 6.41. The van der Waals surface area contributed by atoms with Crippen molar-refractivity contribution in [3.8, 4) is 0 Å². The normalized spacial score (nSPS) is 12.0. The molecule has 0 bridgehead atoms. The Hall–Kier alpha value is -0.110. The lowest BCUT2D eigenvalue weighted by Crippen LogP contribution is -1.79. The summed E-state index contributed by atoms with van der Waals surface area (Å²) in [5.41, 5.74) is 0. The summed E-state index contributed by atoms with van der Waals surface area (Å²) in [5, 5.41) is 8.77. The molecule has 0 saturated carbocycles. The molecule has 0 saturated heterocycles. The average molecular weight is 132 g/mol. The van der Waals surface area contributed by atoms with Gasteiger partial charge in [-0.05, 0) is 12.5 Å². The van der Waals surface area contributed by atoms with Crippen LogP contribution in [0.2, 0.25) is 0 Å². The molecule has 1 N–H and O–H groups in total. The van der Waals surface area contributed by atoms with Crippen LogP contribution in [0.15, 0.2) is 11.8 Å². The van der Waals surface area contributed by atoms with Gasteiger partial charge in [-0.1, -0.05) is 13.3 Å². The molecule has 0 heterocycles. The first kappa shape index (κ1) is 7.89. The number of hydrogen-bond donors (Lipinski definition) is 2. The lowest BCUT2D eigenvalue weighted by Gasteiger charge is -1.89. The molecule has 48 valence electrons. The van der Waals surface area contributed by atoms with Crippen molar-refractivity contribution in [2.45, 2.75) is 19.8 Å². The highest BCUT2D eigenvalue weighted by Crippen LogP contribution is 1.95. The molecule has 8 heavy (non-hydrogen) atoms. The van der Waals surface area contributed by atoms with Gasteiger partial charge >= 0.3 is 0 Å². The van der Waals surface area contributed by atoms with Crippen LogP contribution >= 0.6 is 12.6 Å². The van der Waals surface area contributed by atoms with Gasteiger partial charge in [-0.15, -0.1) is 0 Å². The number of aliphatic hydroxyl groups is 1. The Morgan fingerprint density at radius 1 is 1.75 bits per heavy atom. The molecule has 0 aliphatic heterocycles. The van der Waals surface area contributed by atoms with Gasteiger partial charge in [0.1, 0.15) is 0 Å². The van der Waals surface area contributed by atoms with Gasteiger partial charge in [-0.25, -0.2) is 0 Å². The van der Waals surface area contributed by atoms with Crippen LogP contribution in [0.3, 0.4) is 0 Å². The Bertz CT molecular complexity index is 78.6. The van der Waals surface area contributed by atoms with Gasteiger partial charge in [-0.3, -0.25) is 0 Å². The smallest absolute Gasteiger partial charge is 0.0979 e. The Morgan fingerprint density at radius 2 is 2.38 bits per heavy atom. The predicted octanol–water partition coefficient (Wildman–Crippen LogP) is 2.16. The molecule has 0 aromatic rings. The van der Waals surface area contributed by atoms with E-state index < -0.39 is 0 Å². The number of rotatable bonds is 3. The van der Waals surface area contributed by atoms with Crippen LogP contribution in [-0.2, 0) is 0 Å². The third-order valence-electron chi connectivity index (χ3n) is 0.831. The molecule has 0 unspecified atom stereocenters. The van der Waals surface area contributed by atoms with E-state index in [9.17, 15) is 0 Å². The lowest BCUT2D eigenvalue weighted by atomic mass is 10.3. The van der Waals surface area contributed by atoms with Crippen molar-refractivity contribution in [1.82, 2.24) is 0 Å². The van der Waals surface area contributed by atoms with Gasteiger partial charge in [-0.2, -0.15) is 12.6 Å². The quantitative estimate of drug-likeness (QED) is 0.445. The van der Waals surface area contributed by atoms with Crippen LogP contribution in [0.5, 0.6) is 0 Å². The topological polar surface area (TPSA) is 20.2 Å². The first-order valence-corrected chi connectivity index (χ1v) is 3.43. The molecule has 2 heteroatoms. The van der Waals surface area contributed by atoms with Gasteiger partial charge in [0.25, 0.3) is 0 Å². The van der Waals surface area contributed by atoms with Crippen molar-refractivity contribution in [3.05, 3.63) is 11.8 Å². The fourth-order valence-corrected chi connectivity index (χ4v) is 0.505. The molecule has 0 amide bonds. The number of hydrogen-bond acceptors (Lipinski definition) is 2. The highest BCUT2D eigenvalue weighted by molar-refractivity contribution is 7.80. The Morgan fingerprint density at radius 3 is 2.75 bits per heavy atom. The highest BCUT2D eigenvalue weighted by atomic mass is 32.1. The summed E-state index contributed by atoms with van der Waals surface area (Å²) >= 11 is 3.87. The van der Waals surface area contributed by atoms with E-state index in [0.717, 1.165) is 12.8 Å². The maximum absolute atomic E-state index is 8.77. The van der Waals surface area contributed by atoms with E-state index >= 15 is 0 Å². The van der Waals surface area contributed by atoms with Crippen molar-refractivity contribution in [2.75, 3.05) is 5.75 Å². The van der Waals surface area contributed by atoms with Gasteiger partial charge < -0.3 is 5.11 Å². The maximum atomic E-state index is 8.77. The van der Waals surface area contributed by atoms with Gasteiger partial charge in [0, 0.05) is 5.75 Å². The van der Waals surface area contributed by atoms with Crippen LogP contribution in [-0.4, -0.2) is 10.9 Å². The maximum Gasteiger partial charge on any atom is 0.0979 e. The number of aliphatic hydroxyl groups excluding tert-OH is 1. The summed E-state index contributed by atoms with van der Waals surface area (Å²) < 4.78 is 0. The number of thiol groups is 1. The molecule has 0 aliphatic rings. The van der Waals surface area contributed by atoms with E-state index in [0.29, 0.717) is 11.5 Å². The summed E-state index contributed by atoms with van der Waals surface area (Å²) in [6, 6.07) is 0. The first-order valence-electron chi connectivity index (χ1n) is 2.80. The van der Waals surface area contributed by atoms with Crippen LogP contribution in [0.4, 0.5) is 0 Å². The zero-order valence-electron chi connectivity index (χ0n) is 5.09. The van der Waals surface area contributed by atoms with Crippen molar-refractivity contribution in [2.24, 2.45) is 0 Å². The molecule has 0 radical (unpaired) electrons. The molecular weight excluding hydrogens is 120 g/mol. The van der Waals surface area contributed by atoms with E-state index in [1.165, 1.54) is 0 Å². The highest BCUT2D eigenvalue weighted by Gasteiger charge is 1.83. The van der Waals surface area contributed by atoms with Gasteiger partial charge in [0.05, 0.1) is 5.76 Å². The van der Waals surface area contributed by atoms with E-state index in [4.69, 9.17) is 5.11 Å². The molecule has 0 rings (SSSR count). The second-order valence-corrected chi connectivity index (χ2v) is 1.96. The Kier molecular flexibility index (Phi) is 4.97. The third-order valence-corrected chi connectivity index (χ3v) is 1.15. The molecular formula is C6H12OS. The minimum Gasteiger partial charge on any atom is -0.512 e. The number of unbranched alkanes of at least 4 members (excludes halogenated alkanes) is 1. The lowest BCUT2D eigenvalue weighted by molar-refractivity contribution is 0.414. The van der Waals surface area contributed by atoms with Crippen molar-refractivity contribution in [3.63, 3.8) is 0 Å². The van der Waals surface area contributed by atoms with Gasteiger partial charge in [0.2, 0.25) is 0 Å². The van der Waals surface area contributed by atoms with Crippen molar-refractivity contribution >= 4 is 12.6 Å². The molecule has 0 aliphatic carbocycles. The van der Waals surface area contributed by atoms with Gasteiger partial charge in [0.15, 0.2) is 0 Å². The molecule has 0 aromatic carbocycles. The predicted molar refractivity (Wildman–Crippen MR) is 39.5 cm³/mol. The van der Waals surface area contributed by atoms with E-state index in [2.05, 4.69) is 19.6 Å². The Labute approximate surface area is 55.8 Å². The standard InChI is InChI=1S/C6H12OS/c1-2-3-4-6(7)5-8/h4,7-8H,2-3,5H2,1H3. The van der Waals surface area contributed by atoms with Crippen LogP contribution < -0.4 is 0 Å². The molecule has 0 aromatic heterocycles. The second kappa shape index (κ2) is 5.04. The third kappa shape index (κ3) is 4.06. The number of allylic oxidation sites excluding steroid dienone is 1. The van der Waals surface area contributed by atoms with E-state index in [1.807, 2.05) is 0 Å². The summed E-state index contributed by atoms with van der Waals surface area (Å²) in [6.45, 7) is 2.07. The fraction of sp³-hybridized carbons (Fsp3) is 0.667. The van der Waals surface area contributed by atoms with E-state index in [-0.39, 0.29) is 0 Å². The van der Waals surface area contributed by atoms with Crippen LogP contribution in [0.25, 0.3) is 0 Å². The zero-order valence-corrected chi connectivity index (χ0v) is 5.99. The minimum absolute atomic E-state index is 0.384. The molecule has 0 fully saturated rings. The van der Waals surface area contributed by atoms with E-state index in [1.54, 1.807) is 6.08 Å². The molecule has 1 nitrogen and oxygen atoms in total. The summed E-state index contributed by atoms with van der Waals surface area (Å²) in [5.74, 6) is 0.843. The monoisotopic (exact) mass is 132 g/mol. The Balaban J connectivity index is 3.26. The molecule has 0 spiro atoms. The summed E-state index contributed by atoms with van der Waals surface area (Å²) in [7, 11) is 0. The van der Waals surface area contributed by atoms with Crippen molar-refractivity contribution < 1.29 is 5.11 Å². The van der Waals surface area contributed by atoms with Crippen LogP contribution in [0, 0.1) is 0 Å². The second-order valence-electron chi connectivity index (χ2n) is 1.64. The summed E-state index contributed by atoms with van der Waals surface area (Å²) in [6.07, 6.45) is 3.83. The average Bonchev–Trinajstić information content (AvgIpc) is 1.83. The first-order chi connectivity index (χ1) is 3.81. The largest absolute Gasteiger partial charge is 0.512 e. The molecule has 0 atom stereocenters. The minimum atomic E-state index is 0.384. The fourth-order valence-electron chi connectivity index (χ4n) is 0.375. The SMILES string of the molecule is CCCC=C(O)CS. The van der Waals surface area contributed by atoms with Crippen molar-refractivity contribution in [1.29, 1.82) is 0 Å². The van der Waals surface area contributed by atoms with Crippen LogP contribution in [0.1, 0.15) is 19.8 Å². The summed E-state index contributed by atoms with van der Waals surface area (Å²) in [4.78, 5) is 0.